The number of hydrogen-bond donors (Lipinski definition) is 1. The summed E-state index contributed by atoms with van der Waals surface area (Å²) in [6.45, 7) is 6.30. The summed E-state index contributed by atoms with van der Waals surface area (Å²) in [7, 11) is 0. The molecule has 0 aliphatic carbocycles. The average Bonchev–Trinajstić information content (AvgIpc) is 3.39. The Balaban J connectivity index is 1.46. The Bertz CT molecular complexity index is 1620. The van der Waals surface area contributed by atoms with Gasteiger partial charge in [0, 0.05) is 30.6 Å². The van der Waals surface area contributed by atoms with Gasteiger partial charge in [-0.05, 0) is 71.0 Å². The molecule has 0 spiro atoms. The number of aromatic nitrogens is 5. The molecule has 1 atom stereocenters. The number of hydrogen-bond acceptors (Lipinski definition) is 5. The number of nitrogens with zero attached hydrogens (tertiary/aromatic N) is 5. The van der Waals surface area contributed by atoms with E-state index < -0.39 is 0 Å². The maximum atomic E-state index is 13.7. The van der Waals surface area contributed by atoms with Crippen molar-refractivity contribution in [3.05, 3.63) is 122 Å². The first kappa shape index (κ1) is 23.3. The zero-order chi connectivity index (χ0) is 25.4. The summed E-state index contributed by atoms with van der Waals surface area (Å²) in [6, 6.07) is 24.7. The molecule has 1 unspecified atom stereocenters. The Morgan fingerprint density at radius 3 is 2.54 bits per heavy atom. The molecule has 0 fully saturated rings. The van der Waals surface area contributed by atoms with Crippen LogP contribution < -0.4 is 5.56 Å². The van der Waals surface area contributed by atoms with Crippen LogP contribution in [0.2, 0.25) is 0 Å². The fourth-order valence-corrected chi connectivity index (χ4v) is 5.48. The second-order valence-corrected chi connectivity index (χ2v) is 9.93. The van der Waals surface area contributed by atoms with Crippen LogP contribution in [0.3, 0.4) is 0 Å². The van der Waals surface area contributed by atoms with E-state index in [1.54, 1.807) is 0 Å². The SMILES string of the molecule is Cc1ccc(C)c2[nH]c(=O)c(C(c3nnnn3CCc3ccccc3)N3CCc4ccccc4C3)cc12. The molecule has 1 N–H and O–H groups in total. The number of benzene rings is 3. The number of pyridine rings is 1. The predicted molar refractivity (Wildman–Crippen MR) is 144 cm³/mol. The lowest BCUT2D eigenvalue weighted by molar-refractivity contribution is 0.193. The van der Waals surface area contributed by atoms with Crippen molar-refractivity contribution >= 4 is 10.9 Å². The van der Waals surface area contributed by atoms with E-state index in [9.17, 15) is 4.79 Å². The first-order valence-corrected chi connectivity index (χ1v) is 12.8. The van der Waals surface area contributed by atoms with E-state index in [1.165, 1.54) is 16.7 Å². The summed E-state index contributed by atoms with van der Waals surface area (Å²) in [5, 5.41) is 14.0. The largest absolute Gasteiger partial charge is 0.321 e. The molecule has 7 nitrogen and oxygen atoms in total. The number of tetrazole rings is 1. The maximum Gasteiger partial charge on any atom is 0.253 e. The lowest BCUT2D eigenvalue weighted by Gasteiger charge is -2.35. The Labute approximate surface area is 215 Å². The lowest BCUT2D eigenvalue weighted by Crippen LogP contribution is -2.38. The standard InChI is InChI=1S/C30H30N6O/c1-20-12-13-21(2)27-25(20)18-26(30(37)31-27)28(35-16-15-23-10-6-7-11-24(23)19-35)29-32-33-34-36(29)17-14-22-8-4-3-5-9-22/h3-13,18,28H,14-17,19H2,1-2H3,(H,31,37). The van der Waals surface area contributed by atoms with Crippen molar-refractivity contribution < 1.29 is 0 Å². The Morgan fingerprint density at radius 2 is 1.70 bits per heavy atom. The van der Waals surface area contributed by atoms with Gasteiger partial charge in [-0.15, -0.1) is 5.10 Å². The number of H-pyrrole nitrogens is 1. The molecule has 3 heterocycles. The highest BCUT2D eigenvalue weighted by Gasteiger charge is 2.32. The Kier molecular flexibility index (Phi) is 6.14. The average molecular weight is 491 g/mol. The molecule has 0 bridgehead atoms. The second-order valence-electron chi connectivity index (χ2n) is 9.93. The third kappa shape index (κ3) is 4.47. The molecule has 0 amide bonds. The number of aryl methyl sites for hydroxylation is 4. The van der Waals surface area contributed by atoms with E-state index in [0.717, 1.165) is 48.0 Å². The highest BCUT2D eigenvalue weighted by molar-refractivity contribution is 5.85. The summed E-state index contributed by atoms with van der Waals surface area (Å²) in [5.41, 5.74) is 7.53. The third-order valence-electron chi connectivity index (χ3n) is 7.55. The van der Waals surface area contributed by atoms with E-state index in [-0.39, 0.29) is 11.6 Å². The summed E-state index contributed by atoms with van der Waals surface area (Å²) < 4.78 is 1.87. The van der Waals surface area contributed by atoms with Gasteiger partial charge in [0.15, 0.2) is 5.82 Å². The van der Waals surface area contributed by atoms with Crippen LogP contribution in [0.4, 0.5) is 0 Å². The van der Waals surface area contributed by atoms with Crippen molar-refractivity contribution in [3.8, 4) is 0 Å². The maximum absolute atomic E-state index is 13.7. The van der Waals surface area contributed by atoms with Gasteiger partial charge < -0.3 is 4.98 Å². The molecular weight excluding hydrogens is 460 g/mol. The van der Waals surface area contributed by atoms with E-state index in [0.29, 0.717) is 17.9 Å². The molecule has 0 radical (unpaired) electrons. The van der Waals surface area contributed by atoms with Gasteiger partial charge in [0.25, 0.3) is 5.56 Å². The molecule has 0 saturated heterocycles. The van der Waals surface area contributed by atoms with E-state index in [1.807, 2.05) is 29.8 Å². The van der Waals surface area contributed by atoms with Gasteiger partial charge in [-0.1, -0.05) is 66.7 Å². The lowest BCUT2D eigenvalue weighted by atomic mass is 9.95. The summed E-state index contributed by atoms with van der Waals surface area (Å²) >= 11 is 0. The van der Waals surface area contributed by atoms with Crippen LogP contribution in [-0.2, 0) is 25.9 Å². The Morgan fingerprint density at radius 1 is 0.946 bits per heavy atom. The summed E-state index contributed by atoms with van der Waals surface area (Å²) in [5.74, 6) is 0.700. The van der Waals surface area contributed by atoms with Gasteiger partial charge in [-0.25, -0.2) is 4.68 Å². The van der Waals surface area contributed by atoms with Crippen LogP contribution in [0.25, 0.3) is 10.9 Å². The minimum absolute atomic E-state index is 0.0948. The zero-order valence-corrected chi connectivity index (χ0v) is 21.2. The van der Waals surface area contributed by atoms with Gasteiger partial charge in [0.2, 0.25) is 0 Å². The summed E-state index contributed by atoms with van der Waals surface area (Å²) in [6.07, 6.45) is 1.72. The first-order chi connectivity index (χ1) is 18.1. The normalized spacial score (nSPS) is 14.5. The van der Waals surface area contributed by atoms with Crippen LogP contribution in [0.1, 0.15) is 45.2 Å². The molecule has 186 valence electrons. The van der Waals surface area contributed by atoms with Gasteiger partial charge in [-0.2, -0.15) is 0 Å². The highest BCUT2D eigenvalue weighted by atomic mass is 16.1. The van der Waals surface area contributed by atoms with Crippen LogP contribution in [-0.4, -0.2) is 36.6 Å². The molecule has 3 aromatic carbocycles. The van der Waals surface area contributed by atoms with Crippen molar-refractivity contribution in [1.82, 2.24) is 30.1 Å². The van der Waals surface area contributed by atoms with Crippen molar-refractivity contribution in [2.24, 2.45) is 0 Å². The van der Waals surface area contributed by atoms with E-state index in [4.69, 9.17) is 0 Å². The molecule has 1 aliphatic heterocycles. The third-order valence-corrected chi connectivity index (χ3v) is 7.55. The molecular formula is C30H30N6O. The van der Waals surface area contributed by atoms with Gasteiger partial charge in [0.05, 0.1) is 5.52 Å². The van der Waals surface area contributed by atoms with Crippen molar-refractivity contribution in [2.75, 3.05) is 6.54 Å². The van der Waals surface area contributed by atoms with Gasteiger partial charge in [-0.3, -0.25) is 9.69 Å². The van der Waals surface area contributed by atoms with Crippen molar-refractivity contribution in [2.45, 2.75) is 45.8 Å². The molecule has 1 aliphatic rings. The molecule has 2 aromatic heterocycles. The summed E-state index contributed by atoms with van der Waals surface area (Å²) in [4.78, 5) is 19.2. The van der Waals surface area contributed by atoms with Crippen LogP contribution in [0.15, 0.2) is 77.6 Å². The number of rotatable bonds is 6. The smallest absolute Gasteiger partial charge is 0.253 e. The van der Waals surface area contributed by atoms with Crippen LogP contribution in [0, 0.1) is 13.8 Å². The fraction of sp³-hybridized carbons (Fsp3) is 0.267. The fourth-order valence-electron chi connectivity index (χ4n) is 5.48. The molecule has 6 rings (SSSR count). The van der Waals surface area contributed by atoms with Crippen molar-refractivity contribution in [3.63, 3.8) is 0 Å². The Hall–Kier alpha value is -4.10. The molecule has 0 saturated carbocycles. The monoisotopic (exact) mass is 490 g/mol. The van der Waals surface area contributed by atoms with Crippen molar-refractivity contribution in [1.29, 1.82) is 0 Å². The quantitative estimate of drug-likeness (QED) is 0.379. The number of aromatic amines is 1. The molecule has 7 heteroatoms. The van der Waals surface area contributed by atoms with Gasteiger partial charge >= 0.3 is 0 Å². The minimum Gasteiger partial charge on any atom is -0.321 e. The van der Waals surface area contributed by atoms with Crippen LogP contribution in [0.5, 0.6) is 0 Å². The highest BCUT2D eigenvalue weighted by Crippen LogP contribution is 2.32. The number of fused-ring (bicyclic) bond motifs is 2. The first-order valence-electron chi connectivity index (χ1n) is 12.8. The second kappa shape index (κ2) is 9.75. The van der Waals surface area contributed by atoms with Crippen LogP contribution >= 0.6 is 0 Å². The topological polar surface area (TPSA) is 79.7 Å². The van der Waals surface area contributed by atoms with E-state index >= 15 is 0 Å². The number of nitrogens with one attached hydrogen (secondary N) is 1. The van der Waals surface area contributed by atoms with Gasteiger partial charge in [0.1, 0.15) is 6.04 Å². The minimum atomic E-state index is -0.368. The zero-order valence-electron chi connectivity index (χ0n) is 21.2. The molecule has 37 heavy (non-hydrogen) atoms. The molecule has 5 aromatic rings. The predicted octanol–water partition coefficient (Wildman–Crippen LogP) is 4.52. The van der Waals surface area contributed by atoms with E-state index in [2.05, 4.69) is 86.9 Å².